The Bertz CT molecular complexity index is 2960. The maximum absolute atomic E-state index is 6.06. The molecule has 64 heavy (non-hydrogen) atoms. The molecule has 3 atom stereocenters. The third kappa shape index (κ3) is 7.56. The van der Waals surface area contributed by atoms with Crippen LogP contribution in [0.25, 0.3) is 66.8 Å². The minimum atomic E-state index is -0.393. The SMILES string of the molecule is CCC1(C)C(c2cc(-c3ccccc3)c(-c3ccccc3)c(-c3ccccc3)c2-c2ccccc2)N=C(c2ccccc2)N(C)C1c1cc(-c2ccccc2)cc(-c2ccccc2)c1. The molecule has 0 aromatic heterocycles. The van der Waals surface area contributed by atoms with Crippen LogP contribution in [0.3, 0.4) is 0 Å². The quantitative estimate of drug-likeness (QED) is 0.134. The van der Waals surface area contributed by atoms with Crippen LogP contribution in [0.4, 0.5) is 0 Å². The topological polar surface area (TPSA) is 15.6 Å². The van der Waals surface area contributed by atoms with E-state index in [2.05, 4.69) is 262 Å². The molecule has 0 saturated carbocycles. The van der Waals surface area contributed by atoms with Gasteiger partial charge in [-0.1, -0.05) is 226 Å². The zero-order valence-electron chi connectivity index (χ0n) is 36.8. The van der Waals surface area contributed by atoms with Crippen molar-refractivity contribution in [3.8, 4) is 66.8 Å². The van der Waals surface area contributed by atoms with E-state index >= 15 is 0 Å². The van der Waals surface area contributed by atoms with Crippen molar-refractivity contribution in [1.82, 2.24) is 4.90 Å². The summed E-state index contributed by atoms with van der Waals surface area (Å²) in [4.78, 5) is 8.54. The van der Waals surface area contributed by atoms with Crippen LogP contribution in [0, 0.1) is 5.41 Å². The molecule has 1 heterocycles. The maximum atomic E-state index is 6.06. The fraction of sp³-hybridized carbons (Fsp3) is 0.113. The molecule has 0 fully saturated rings. The summed E-state index contributed by atoms with van der Waals surface area (Å²) in [5.74, 6) is 0.988. The van der Waals surface area contributed by atoms with Gasteiger partial charge in [0.05, 0.1) is 12.1 Å². The van der Waals surface area contributed by atoms with Gasteiger partial charge in [0.15, 0.2) is 0 Å². The Hall–Kier alpha value is -7.55. The lowest BCUT2D eigenvalue weighted by Gasteiger charge is -2.51. The summed E-state index contributed by atoms with van der Waals surface area (Å²) in [5.41, 5.74) is 17.6. The number of aliphatic imine (C=N–C) groups is 1. The number of rotatable bonds is 10. The van der Waals surface area contributed by atoms with Crippen LogP contribution in [0.15, 0.2) is 242 Å². The Kier molecular flexibility index (Phi) is 11.2. The van der Waals surface area contributed by atoms with Gasteiger partial charge in [-0.15, -0.1) is 0 Å². The van der Waals surface area contributed by atoms with Gasteiger partial charge in [0.1, 0.15) is 5.84 Å². The van der Waals surface area contributed by atoms with Gasteiger partial charge in [-0.2, -0.15) is 0 Å². The summed E-state index contributed by atoms with van der Waals surface area (Å²) in [7, 11) is 2.26. The number of hydrogen-bond donors (Lipinski definition) is 0. The third-order valence-corrected chi connectivity index (χ3v) is 13.4. The Morgan fingerprint density at radius 1 is 0.406 bits per heavy atom. The van der Waals surface area contributed by atoms with E-state index in [1.807, 2.05) is 0 Å². The zero-order valence-corrected chi connectivity index (χ0v) is 36.8. The highest BCUT2D eigenvalue weighted by atomic mass is 15.2. The molecule has 2 nitrogen and oxygen atoms in total. The molecule has 0 radical (unpaired) electrons. The van der Waals surface area contributed by atoms with Crippen molar-refractivity contribution in [2.24, 2.45) is 10.4 Å². The van der Waals surface area contributed by atoms with Crippen LogP contribution in [0.5, 0.6) is 0 Å². The molecule has 3 unspecified atom stereocenters. The molecule has 2 heteroatoms. The van der Waals surface area contributed by atoms with E-state index in [0.29, 0.717) is 0 Å². The standard InChI is InChI=1S/C62H52N2/c1-4-62(2)59(63-61(50-38-24-11-25-39-50)64(3)60(62)53-41-51(44-26-12-5-13-27-44)40-52(42-53)45-28-14-6-15-29-45)55-43-54(46-30-16-7-17-31-46)56(47-32-18-8-19-33-47)58(49-36-22-10-23-37-49)57(55)48-34-20-9-21-35-48/h5-43,59-60H,4H2,1-3H3. The fourth-order valence-electron chi connectivity index (χ4n) is 10.2. The fourth-order valence-corrected chi connectivity index (χ4v) is 10.2. The first-order valence-electron chi connectivity index (χ1n) is 22.6. The largest absolute Gasteiger partial charge is 0.352 e. The van der Waals surface area contributed by atoms with Crippen molar-refractivity contribution in [3.05, 3.63) is 253 Å². The minimum Gasteiger partial charge on any atom is -0.352 e. The summed E-state index contributed by atoms with van der Waals surface area (Å²) < 4.78 is 0. The Labute approximate surface area is 378 Å². The van der Waals surface area contributed by atoms with E-state index in [-0.39, 0.29) is 12.1 Å². The second kappa shape index (κ2) is 17.7. The first-order chi connectivity index (χ1) is 31.5. The molecule has 0 bridgehead atoms. The predicted octanol–water partition coefficient (Wildman–Crippen LogP) is 16.3. The molecule has 0 saturated heterocycles. The Balaban J connectivity index is 1.33. The summed E-state index contributed by atoms with van der Waals surface area (Å²) >= 11 is 0. The van der Waals surface area contributed by atoms with Gasteiger partial charge >= 0.3 is 0 Å². The van der Waals surface area contributed by atoms with E-state index in [1.165, 1.54) is 77.9 Å². The van der Waals surface area contributed by atoms with E-state index in [9.17, 15) is 0 Å². The molecule has 9 aromatic carbocycles. The van der Waals surface area contributed by atoms with Gasteiger partial charge in [0.25, 0.3) is 0 Å². The smallest absolute Gasteiger partial charge is 0.131 e. The second-order valence-corrected chi connectivity index (χ2v) is 17.3. The van der Waals surface area contributed by atoms with Gasteiger partial charge < -0.3 is 4.90 Å². The highest BCUT2D eigenvalue weighted by molar-refractivity contribution is 6.04. The van der Waals surface area contributed by atoms with Crippen molar-refractivity contribution in [2.45, 2.75) is 32.4 Å². The van der Waals surface area contributed by atoms with Gasteiger partial charge in [-0.05, 0) is 109 Å². The molecule has 0 N–H and O–H groups in total. The average molecular weight is 825 g/mol. The first-order valence-corrected chi connectivity index (χ1v) is 22.6. The lowest BCUT2D eigenvalue weighted by atomic mass is 9.65. The molecule has 0 spiro atoms. The van der Waals surface area contributed by atoms with Crippen molar-refractivity contribution in [1.29, 1.82) is 0 Å². The van der Waals surface area contributed by atoms with Gasteiger partial charge in [-0.3, -0.25) is 4.99 Å². The van der Waals surface area contributed by atoms with Crippen LogP contribution in [0.1, 0.15) is 49.0 Å². The zero-order chi connectivity index (χ0) is 43.5. The Morgan fingerprint density at radius 2 is 0.781 bits per heavy atom. The molecule has 1 aliphatic heterocycles. The van der Waals surface area contributed by atoms with Crippen molar-refractivity contribution in [3.63, 3.8) is 0 Å². The van der Waals surface area contributed by atoms with Crippen LogP contribution in [0.2, 0.25) is 0 Å². The van der Waals surface area contributed by atoms with Crippen molar-refractivity contribution in [2.75, 3.05) is 7.05 Å². The number of hydrogen-bond acceptors (Lipinski definition) is 2. The summed E-state index contributed by atoms with van der Waals surface area (Å²) in [6, 6.07) is 85.9. The van der Waals surface area contributed by atoms with Crippen molar-refractivity contribution >= 4 is 5.84 Å². The molecule has 0 amide bonds. The normalized spacial score (nSPS) is 17.2. The monoisotopic (exact) mass is 824 g/mol. The molecular formula is C62H52N2. The molecule has 10 rings (SSSR count). The number of amidine groups is 1. The molecular weight excluding hydrogens is 773 g/mol. The summed E-state index contributed by atoms with van der Waals surface area (Å²) in [6.45, 7) is 4.86. The van der Waals surface area contributed by atoms with Gasteiger partial charge in [-0.25, -0.2) is 0 Å². The maximum Gasteiger partial charge on any atom is 0.131 e. The van der Waals surface area contributed by atoms with E-state index in [4.69, 9.17) is 4.99 Å². The molecule has 9 aromatic rings. The first kappa shape index (κ1) is 40.5. The van der Waals surface area contributed by atoms with Gasteiger partial charge in [0.2, 0.25) is 0 Å². The van der Waals surface area contributed by atoms with Crippen LogP contribution >= 0.6 is 0 Å². The number of benzene rings is 9. The van der Waals surface area contributed by atoms with Crippen molar-refractivity contribution < 1.29 is 0 Å². The highest BCUT2D eigenvalue weighted by Crippen LogP contribution is 2.59. The number of nitrogens with zero attached hydrogens (tertiary/aromatic N) is 2. The molecule has 1 aliphatic rings. The molecule has 310 valence electrons. The lowest BCUT2D eigenvalue weighted by Crippen LogP contribution is -2.48. The Morgan fingerprint density at radius 3 is 1.22 bits per heavy atom. The van der Waals surface area contributed by atoms with E-state index in [0.717, 1.165) is 17.8 Å². The van der Waals surface area contributed by atoms with Crippen LogP contribution in [-0.4, -0.2) is 17.8 Å². The predicted molar refractivity (Wildman–Crippen MR) is 270 cm³/mol. The van der Waals surface area contributed by atoms with Gasteiger partial charge in [0, 0.05) is 18.0 Å². The van der Waals surface area contributed by atoms with Crippen LogP contribution in [-0.2, 0) is 0 Å². The molecule has 0 aliphatic carbocycles. The average Bonchev–Trinajstić information content (AvgIpc) is 3.37. The van der Waals surface area contributed by atoms with E-state index in [1.54, 1.807) is 0 Å². The highest BCUT2D eigenvalue weighted by Gasteiger charge is 2.49. The summed E-state index contributed by atoms with van der Waals surface area (Å²) in [6.07, 6.45) is 0.879. The minimum absolute atomic E-state index is 0.0564. The second-order valence-electron chi connectivity index (χ2n) is 17.3. The van der Waals surface area contributed by atoms with Crippen LogP contribution < -0.4 is 0 Å². The third-order valence-electron chi connectivity index (χ3n) is 13.4. The lowest BCUT2D eigenvalue weighted by molar-refractivity contribution is 0.0928. The summed E-state index contributed by atoms with van der Waals surface area (Å²) in [5, 5.41) is 0. The van der Waals surface area contributed by atoms with E-state index < -0.39 is 5.41 Å².